The third kappa shape index (κ3) is 1.81. The number of nitrogens with one attached hydrogen (secondary N) is 2. The Labute approximate surface area is 95.9 Å². The Morgan fingerprint density at radius 1 is 1.06 bits per heavy atom. The SMILES string of the molecule is CNc1ncc(-c2cc(C)c(C)cc2C)[nH]1. The highest BCUT2D eigenvalue weighted by Gasteiger charge is 2.07. The lowest BCUT2D eigenvalue weighted by atomic mass is 9.99. The number of anilines is 1. The summed E-state index contributed by atoms with van der Waals surface area (Å²) in [6.45, 7) is 6.40. The highest BCUT2D eigenvalue weighted by molar-refractivity contribution is 5.66. The fourth-order valence-corrected chi connectivity index (χ4v) is 1.84. The second kappa shape index (κ2) is 4.00. The van der Waals surface area contributed by atoms with Gasteiger partial charge in [0, 0.05) is 12.6 Å². The molecule has 1 heterocycles. The standard InChI is InChI=1S/C13H17N3/c1-8-5-10(3)11(6-9(8)2)12-7-15-13(14-4)16-12/h5-7H,1-4H3,(H2,14,15,16). The van der Waals surface area contributed by atoms with Gasteiger partial charge in [0.2, 0.25) is 0 Å². The van der Waals surface area contributed by atoms with E-state index in [1.165, 1.54) is 22.3 Å². The average Bonchev–Trinajstić information content (AvgIpc) is 2.71. The molecule has 0 bridgehead atoms. The van der Waals surface area contributed by atoms with Crippen LogP contribution in [0.5, 0.6) is 0 Å². The van der Waals surface area contributed by atoms with Gasteiger partial charge in [-0.25, -0.2) is 4.98 Å². The lowest BCUT2D eigenvalue weighted by Crippen LogP contribution is -1.91. The molecule has 2 aromatic rings. The van der Waals surface area contributed by atoms with Crippen LogP contribution in [0.2, 0.25) is 0 Å². The summed E-state index contributed by atoms with van der Waals surface area (Å²) < 4.78 is 0. The van der Waals surface area contributed by atoms with Gasteiger partial charge in [0.1, 0.15) is 0 Å². The van der Waals surface area contributed by atoms with E-state index in [1.54, 1.807) is 0 Å². The Kier molecular flexibility index (Phi) is 2.69. The van der Waals surface area contributed by atoms with Crippen LogP contribution < -0.4 is 5.32 Å². The van der Waals surface area contributed by atoms with Crippen LogP contribution in [-0.2, 0) is 0 Å². The van der Waals surface area contributed by atoms with Gasteiger partial charge in [0.05, 0.1) is 11.9 Å². The number of aromatic amines is 1. The Balaban J connectivity index is 2.51. The molecule has 1 aromatic carbocycles. The van der Waals surface area contributed by atoms with Gasteiger partial charge in [-0.1, -0.05) is 6.07 Å². The first-order valence-electron chi connectivity index (χ1n) is 5.43. The van der Waals surface area contributed by atoms with Gasteiger partial charge >= 0.3 is 0 Å². The Bertz CT molecular complexity index is 512. The number of aromatic nitrogens is 2. The van der Waals surface area contributed by atoms with Gasteiger partial charge in [-0.2, -0.15) is 0 Å². The van der Waals surface area contributed by atoms with Gasteiger partial charge in [-0.3, -0.25) is 0 Å². The third-order valence-corrected chi connectivity index (χ3v) is 2.94. The number of hydrogen-bond donors (Lipinski definition) is 2. The first-order chi connectivity index (χ1) is 7.61. The molecule has 0 amide bonds. The number of aryl methyl sites for hydroxylation is 3. The van der Waals surface area contributed by atoms with E-state index in [9.17, 15) is 0 Å². The molecule has 0 fully saturated rings. The molecule has 0 aliphatic rings. The van der Waals surface area contributed by atoms with E-state index in [0.29, 0.717) is 0 Å². The summed E-state index contributed by atoms with van der Waals surface area (Å²) in [7, 11) is 1.86. The van der Waals surface area contributed by atoms with Crippen LogP contribution in [0, 0.1) is 20.8 Å². The first kappa shape index (κ1) is 10.7. The van der Waals surface area contributed by atoms with Crippen molar-refractivity contribution in [3.8, 4) is 11.3 Å². The molecule has 0 atom stereocenters. The normalized spacial score (nSPS) is 10.5. The maximum Gasteiger partial charge on any atom is 0.200 e. The van der Waals surface area contributed by atoms with Crippen LogP contribution in [0.4, 0.5) is 5.95 Å². The van der Waals surface area contributed by atoms with Crippen LogP contribution in [0.25, 0.3) is 11.3 Å². The van der Waals surface area contributed by atoms with Crippen molar-refractivity contribution in [3.05, 3.63) is 35.0 Å². The lowest BCUT2D eigenvalue weighted by molar-refractivity contribution is 1.25. The van der Waals surface area contributed by atoms with Gasteiger partial charge < -0.3 is 10.3 Å². The molecule has 2 N–H and O–H groups in total. The third-order valence-electron chi connectivity index (χ3n) is 2.94. The molecule has 0 aliphatic heterocycles. The van der Waals surface area contributed by atoms with E-state index in [1.807, 2.05) is 13.2 Å². The minimum Gasteiger partial charge on any atom is -0.359 e. The molecule has 16 heavy (non-hydrogen) atoms. The molecule has 0 spiro atoms. The van der Waals surface area contributed by atoms with Crippen molar-refractivity contribution < 1.29 is 0 Å². The van der Waals surface area contributed by atoms with E-state index in [0.717, 1.165) is 11.6 Å². The topological polar surface area (TPSA) is 40.7 Å². The van der Waals surface area contributed by atoms with E-state index >= 15 is 0 Å². The summed E-state index contributed by atoms with van der Waals surface area (Å²) in [6.07, 6.45) is 1.86. The van der Waals surface area contributed by atoms with E-state index in [-0.39, 0.29) is 0 Å². The molecule has 1 aromatic heterocycles. The number of rotatable bonds is 2. The summed E-state index contributed by atoms with van der Waals surface area (Å²) in [5.74, 6) is 0.799. The number of nitrogens with zero attached hydrogens (tertiary/aromatic N) is 1. The molecule has 3 nitrogen and oxygen atoms in total. The smallest absolute Gasteiger partial charge is 0.200 e. The Morgan fingerprint density at radius 3 is 2.38 bits per heavy atom. The van der Waals surface area contributed by atoms with E-state index in [2.05, 4.69) is 48.2 Å². The van der Waals surface area contributed by atoms with Crippen LogP contribution >= 0.6 is 0 Å². The molecular formula is C13H17N3. The highest BCUT2D eigenvalue weighted by Crippen LogP contribution is 2.25. The maximum absolute atomic E-state index is 4.24. The quantitative estimate of drug-likeness (QED) is 0.808. The summed E-state index contributed by atoms with van der Waals surface area (Å²) in [4.78, 5) is 7.48. The second-order valence-corrected chi connectivity index (χ2v) is 4.15. The van der Waals surface area contributed by atoms with Crippen molar-refractivity contribution in [3.63, 3.8) is 0 Å². The fraction of sp³-hybridized carbons (Fsp3) is 0.308. The second-order valence-electron chi connectivity index (χ2n) is 4.15. The van der Waals surface area contributed by atoms with E-state index in [4.69, 9.17) is 0 Å². The number of H-pyrrole nitrogens is 1. The molecule has 0 saturated heterocycles. The number of imidazole rings is 1. The maximum atomic E-state index is 4.24. The van der Waals surface area contributed by atoms with Crippen molar-refractivity contribution in [2.24, 2.45) is 0 Å². The molecule has 0 aliphatic carbocycles. The molecular weight excluding hydrogens is 198 g/mol. The minimum atomic E-state index is 0.799. The van der Waals surface area contributed by atoms with Crippen molar-refractivity contribution in [1.29, 1.82) is 0 Å². The van der Waals surface area contributed by atoms with Gasteiger partial charge in [0.15, 0.2) is 5.95 Å². The van der Waals surface area contributed by atoms with Crippen molar-refractivity contribution >= 4 is 5.95 Å². The Morgan fingerprint density at radius 2 is 1.75 bits per heavy atom. The van der Waals surface area contributed by atoms with Crippen molar-refractivity contribution in [2.45, 2.75) is 20.8 Å². The monoisotopic (exact) mass is 215 g/mol. The van der Waals surface area contributed by atoms with Crippen molar-refractivity contribution in [2.75, 3.05) is 12.4 Å². The molecule has 2 rings (SSSR count). The fourth-order valence-electron chi connectivity index (χ4n) is 1.84. The van der Waals surface area contributed by atoms with Crippen LogP contribution in [0.3, 0.4) is 0 Å². The van der Waals surface area contributed by atoms with Crippen molar-refractivity contribution in [1.82, 2.24) is 9.97 Å². The van der Waals surface area contributed by atoms with Gasteiger partial charge in [-0.05, 0) is 43.5 Å². The van der Waals surface area contributed by atoms with Gasteiger partial charge in [0.25, 0.3) is 0 Å². The lowest BCUT2D eigenvalue weighted by Gasteiger charge is -2.07. The average molecular weight is 215 g/mol. The number of hydrogen-bond acceptors (Lipinski definition) is 2. The first-order valence-corrected chi connectivity index (χ1v) is 5.43. The summed E-state index contributed by atoms with van der Waals surface area (Å²) in [6, 6.07) is 4.42. The van der Waals surface area contributed by atoms with E-state index < -0.39 is 0 Å². The zero-order chi connectivity index (χ0) is 11.7. The highest BCUT2D eigenvalue weighted by atomic mass is 15.1. The zero-order valence-electron chi connectivity index (χ0n) is 10.2. The van der Waals surface area contributed by atoms with Crippen LogP contribution in [0.15, 0.2) is 18.3 Å². The molecule has 0 unspecified atom stereocenters. The molecule has 0 saturated carbocycles. The number of benzene rings is 1. The van der Waals surface area contributed by atoms with Crippen LogP contribution in [-0.4, -0.2) is 17.0 Å². The minimum absolute atomic E-state index is 0.799. The largest absolute Gasteiger partial charge is 0.359 e. The predicted molar refractivity (Wildman–Crippen MR) is 67.8 cm³/mol. The Hall–Kier alpha value is -1.77. The summed E-state index contributed by atoms with van der Waals surface area (Å²) >= 11 is 0. The molecule has 3 heteroatoms. The summed E-state index contributed by atoms with van der Waals surface area (Å²) in [5, 5.41) is 3.00. The zero-order valence-corrected chi connectivity index (χ0v) is 10.2. The predicted octanol–water partition coefficient (Wildman–Crippen LogP) is 3.04. The molecule has 0 radical (unpaired) electrons. The van der Waals surface area contributed by atoms with Gasteiger partial charge in [-0.15, -0.1) is 0 Å². The molecule has 84 valence electrons. The summed E-state index contributed by atoms with van der Waals surface area (Å²) in [5.41, 5.74) is 6.19. The van der Waals surface area contributed by atoms with Crippen LogP contribution in [0.1, 0.15) is 16.7 Å².